The number of hydrogen-bond acceptors (Lipinski definition) is 7. The van der Waals surface area contributed by atoms with Gasteiger partial charge in [-0.3, -0.25) is 4.79 Å². The fourth-order valence-corrected chi connectivity index (χ4v) is 2.83. The second-order valence-corrected chi connectivity index (χ2v) is 6.19. The van der Waals surface area contributed by atoms with Crippen LogP contribution in [0.4, 0.5) is 0 Å². The van der Waals surface area contributed by atoms with E-state index in [9.17, 15) is 4.79 Å². The van der Waals surface area contributed by atoms with Crippen LogP contribution >= 0.6 is 0 Å². The number of rotatable bonds is 6. The fraction of sp³-hybridized carbons (Fsp3) is 0.143. The van der Waals surface area contributed by atoms with E-state index in [2.05, 4.69) is 15.2 Å². The van der Waals surface area contributed by atoms with Gasteiger partial charge >= 0.3 is 0 Å². The highest BCUT2D eigenvalue weighted by Gasteiger charge is 2.12. The maximum atomic E-state index is 12.3. The highest BCUT2D eigenvalue weighted by Crippen LogP contribution is 2.22. The topological polar surface area (TPSA) is 92.3 Å². The van der Waals surface area contributed by atoms with E-state index in [0.29, 0.717) is 23.0 Å². The first kappa shape index (κ1) is 18.4. The van der Waals surface area contributed by atoms with E-state index < -0.39 is 0 Å². The van der Waals surface area contributed by atoms with Gasteiger partial charge in [-0.15, -0.1) is 0 Å². The smallest absolute Gasteiger partial charge is 0.267 e. The van der Waals surface area contributed by atoms with E-state index in [4.69, 9.17) is 14.0 Å². The zero-order chi connectivity index (χ0) is 20.2. The highest BCUT2D eigenvalue weighted by molar-refractivity contribution is 5.60. The Hall–Kier alpha value is -3.94. The lowest BCUT2D eigenvalue weighted by molar-refractivity contribution is 0.363. The molecule has 0 unspecified atom stereocenters. The molecule has 4 rings (SSSR count). The van der Waals surface area contributed by atoms with Crippen molar-refractivity contribution < 1.29 is 14.0 Å². The summed E-state index contributed by atoms with van der Waals surface area (Å²) in [5.74, 6) is 2.09. The van der Waals surface area contributed by atoms with Crippen LogP contribution in [-0.2, 0) is 6.54 Å². The van der Waals surface area contributed by atoms with Crippen LogP contribution in [0.15, 0.2) is 70.0 Å². The minimum atomic E-state index is -0.266. The normalized spacial score (nSPS) is 10.7. The Balaban J connectivity index is 1.61. The Morgan fingerprint density at radius 1 is 0.931 bits per heavy atom. The van der Waals surface area contributed by atoms with Crippen molar-refractivity contribution in [1.82, 2.24) is 19.9 Å². The number of hydrogen-bond donors (Lipinski definition) is 0. The molecule has 8 nitrogen and oxygen atoms in total. The summed E-state index contributed by atoms with van der Waals surface area (Å²) in [5.41, 5.74) is 1.96. The maximum absolute atomic E-state index is 12.3. The average molecular weight is 390 g/mol. The van der Waals surface area contributed by atoms with Crippen molar-refractivity contribution in [1.29, 1.82) is 0 Å². The molecule has 0 saturated carbocycles. The van der Waals surface area contributed by atoms with Gasteiger partial charge in [-0.25, -0.2) is 4.68 Å². The highest BCUT2D eigenvalue weighted by atomic mass is 16.5. The summed E-state index contributed by atoms with van der Waals surface area (Å²) in [5, 5.41) is 8.41. The molecule has 2 aromatic carbocycles. The summed E-state index contributed by atoms with van der Waals surface area (Å²) in [6.45, 7) is 0.0631. The summed E-state index contributed by atoms with van der Waals surface area (Å²) in [6, 6.07) is 17.9. The van der Waals surface area contributed by atoms with Gasteiger partial charge in [0.2, 0.25) is 11.7 Å². The minimum Gasteiger partial charge on any atom is -0.497 e. The number of methoxy groups -OCH3 is 2. The van der Waals surface area contributed by atoms with Crippen LogP contribution in [0, 0.1) is 0 Å². The molecule has 2 aromatic heterocycles. The lowest BCUT2D eigenvalue weighted by atomic mass is 10.1. The Labute approximate surface area is 166 Å². The number of aromatic nitrogens is 4. The minimum absolute atomic E-state index is 0.0631. The average Bonchev–Trinajstić information content (AvgIpc) is 3.24. The van der Waals surface area contributed by atoms with Gasteiger partial charge in [-0.05, 0) is 30.3 Å². The van der Waals surface area contributed by atoms with Crippen molar-refractivity contribution in [3.63, 3.8) is 0 Å². The van der Waals surface area contributed by atoms with E-state index in [1.807, 2.05) is 48.5 Å². The van der Waals surface area contributed by atoms with Crippen LogP contribution in [0.3, 0.4) is 0 Å². The number of nitrogens with zero attached hydrogens (tertiary/aromatic N) is 4. The van der Waals surface area contributed by atoms with Crippen LogP contribution < -0.4 is 15.0 Å². The van der Waals surface area contributed by atoms with Gasteiger partial charge in [0.05, 0.1) is 19.9 Å². The van der Waals surface area contributed by atoms with Crippen molar-refractivity contribution in [2.75, 3.05) is 14.2 Å². The molecule has 0 aliphatic heterocycles. The van der Waals surface area contributed by atoms with Crippen LogP contribution in [-0.4, -0.2) is 34.1 Å². The van der Waals surface area contributed by atoms with Crippen LogP contribution in [0.25, 0.3) is 22.6 Å². The third-order valence-electron chi connectivity index (χ3n) is 4.31. The van der Waals surface area contributed by atoms with Gasteiger partial charge in [0.1, 0.15) is 18.0 Å². The molecule has 0 saturated heterocycles. The standard InChI is InChI=1S/C21H18N4O4/c1-27-16-7-3-5-14(11-16)18-9-10-20(26)25(23-18)13-19-22-21(24-29-19)15-6-4-8-17(12-15)28-2/h3-12H,13H2,1-2H3. The van der Waals surface area contributed by atoms with Gasteiger partial charge in [0.25, 0.3) is 5.56 Å². The third kappa shape index (κ3) is 4.01. The van der Waals surface area contributed by atoms with Gasteiger partial charge in [0.15, 0.2) is 0 Å². The molecule has 0 N–H and O–H groups in total. The van der Waals surface area contributed by atoms with E-state index in [-0.39, 0.29) is 18.0 Å². The van der Waals surface area contributed by atoms with Gasteiger partial charge < -0.3 is 14.0 Å². The number of benzene rings is 2. The summed E-state index contributed by atoms with van der Waals surface area (Å²) >= 11 is 0. The Morgan fingerprint density at radius 3 is 2.34 bits per heavy atom. The molecule has 0 radical (unpaired) electrons. The van der Waals surface area contributed by atoms with Crippen molar-refractivity contribution in [3.05, 3.63) is 76.9 Å². The summed E-state index contributed by atoms with van der Waals surface area (Å²) in [6.07, 6.45) is 0. The lowest BCUT2D eigenvalue weighted by Crippen LogP contribution is -2.23. The van der Waals surface area contributed by atoms with Crippen LogP contribution in [0.5, 0.6) is 11.5 Å². The molecule has 0 spiro atoms. The zero-order valence-corrected chi connectivity index (χ0v) is 15.9. The molecule has 0 aliphatic rings. The summed E-state index contributed by atoms with van der Waals surface area (Å²) in [7, 11) is 3.19. The first-order valence-electron chi connectivity index (χ1n) is 8.86. The van der Waals surface area contributed by atoms with Gasteiger partial charge in [0, 0.05) is 17.2 Å². The second-order valence-electron chi connectivity index (χ2n) is 6.19. The first-order chi connectivity index (χ1) is 14.2. The van der Waals surface area contributed by atoms with Crippen LogP contribution in [0.1, 0.15) is 5.89 Å². The molecular weight excluding hydrogens is 372 g/mol. The van der Waals surface area contributed by atoms with Crippen molar-refractivity contribution in [3.8, 4) is 34.1 Å². The first-order valence-corrected chi connectivity index (χ1v) is 8.86. The van der Waals surface area contributed by atoms with E-state index in [0.717, 1.165) is 11.1 Å². The van der Waals surface area contributed by atoms with Gasteiger partial charge in [-0.2, -0.15) is 10.1 Å². The molecule has 146 valence electrons. The molecule has 0 bridgehead atoms. The molecule has 0 aliphatic carbocycles. The van der Waals surface area contributed by atoms with E-state index in [1.165, 1.54) is 10.7 Å². The quantitative estimate of drug-likeness (QED) is 0.500. The Morgan fingerprint density at radius 2 is 1.62 bits per heavy atom. The predicted molar refractivity (Wildman–Crippen MR) is 106 cm³/mol. The Bertz CT molecular complexity index is 1200. The largest absolute Gasteiger partial charge is 0.497 e. The zero-order valence-electron chi connectivity index (χ0n) is 15.9. The van der Waals surface area contributed by atoms with E-state index in [1.54, 1.807) is 20.3 Å². The molecule has 0 amide bonds. The molecule has 2 heterocycles. The molecule has 8 heteroatoms. The summed E-state index contributed by atoms with van der Waals surface area (Å²) < 4.78 is 17.1. The second kappa shape index (κ2) is 7.97. The number of ether oxygens (including phenoxy) is 2. The van der Waals surface area contributed by atoms with E-state index >= 15 is 0 Å². The summed E-state index contributed by atoms with van der Waals surface area (Å²) in [4.78, 5) is 16.6. The predicted octanol–water partition coefficient (Wildman–Crippen LogP) is 3.03. The molecule has 29 heavy (non-hydrogen) atoms. The molecule has 0 atom stereocenters. The maximum Gasteiger partial charge on any atom is 0.267 e. The van der Waals surface area contributed by atoms with Crippen LogP contribution in [0.2, 0.25) is 0 Å². The lowest BCUT2D eigenvalue weighted by Gasteiger charge is -2.06. The van der Waals surface area contributed by atoms with Crippen molar-refractivity contribution >= 4 is 0 Å². The van der Waals surface area contributed by atoms with Crippen molar-refractivity contribution in [2.45, 2.75) is 6.54 Å². The molecule has 0 fully saturated rings. The molecular formula is C21H18N4O4. The van der Waals surface area contributed by atoms with Crippen molar-refractivity contribution in [2.24, 2.45) is 0 Å². The third-order valence-corrected chi connectivity index (χ3v) is 4.31. The molecule has 4 aromatic rings. The monoisotopic (exact) mass is 390 g/mol. The van der Waals surface area contributed by atoms with Gasteiger partial charge in [-0.1, -0.05) is 29.4 Å². The Kier molecular flexibility index (Phi) is 5.07. The SMILES string of the molecule is COc1cccc(-c2ccc(=O)n(Cc3nc(-c4cccc(OC)c4)no3)n2)c1. The fourth-order valence-electron chi connectivity index (χ4n) is 2.83.